The molecule has 100 valence electrons. The second kappa shape index (κ2) is 4.63. The molecule has 18 heavy (non-hydrogen) atoms. The van der Waals surface area contributed by atoms with Gasteiger partial charge in [-0.15, -0.1) is 0 Å². The molecule has 3 rings (SSSR count). The zero-order chi connectivity index (χ0) is 12.7. The molecule has 3 atom stereocenters. The molecule has 3 saturated heterocycles. The fourth-order valence-corrected chi connectivity index (χ4v) is 3.64. The number of hydrogen-bond acceptors (Lipinski definition) is 4. The molecule has 0 aromatic heterocycles. The molecular formula is C13H21N3O2. The summed E-state index contributed by atoms with van der Waals surface area (Å²) in [6.07, 6.45) is 1.37. The van der Waals surface area contributed by atoms with Crippen LogP contribution in [0.1, 0.15) is 19.8 Å². The minimum Gasteiger partial charge on any atom is -0.316 e. The number of fused-ring (bicyclic) bond motifs is 1. The highest BCUT2D eigenvalue weighted by Crippen LogP contribution is 2.32. The van der Waals surface area contributed by atoms with E-state index in [0.717, 1.165) is 26.1 Å². The Morgan fingerprint density at radius 1 is 1.44 bits per heavy atom. The molecule has 0 bridgehead atoms. The summed E-state index contributed by atoms with van der Waals surface area (Å²) in [5, 5.41) is 3.41. The van der Waals surface area contributed by atoms with Crippen LogP contribution in [0.3, 0.4) is 0 Å². The molecule has 3 aliphatic rings. The number of hydrogen-bond donors (Lipinski definition) is 1. The fraction of sp³-hybridized carbons (Fsp3) is 0.846. The van der Waals surface area contributed by atoms with Crippen LogP contribution in [0.15, 0.2) is 0 Å². The first-order valence-electron chi connectivity index (χ1n) is 6.95. The predicted molar refractivity (Wildman–Crippen MR) is 66.8 cm³/mol. The van der Waals surface area contributed by atoms with E-state index >= 15 is 0 Å². The van der Waals surface area contributed by atoms with Crippen molar-refractivity contribution in [3.63, 3.8) is 0 Å². The molecule has 0 radical (unpaired) electrons. The molecule has 2 amide bonds. The molecule has 3 unspecified atom stereocenters. The molecule has 0 saturated carbocycles. The highest BCUT2D eigenvalue weighted by molar-refractivity contribution is 5.97. The second-order valence-electron chi connectivity index (χ2n) is 5.79. The van der Waals surface area contributed by atoms with Gasteiger partial charge in [-0.05, 0) is 38.3 Å². The van der Waals surface area contributed by atoms with Gasteiger partial charge >= 0.3 is 0 Å². The van der Waals surface area contributed by atoms with E-state index in [9.17, 15) is 9.59 Å². The van der Waals surface area contributed by atoms with Gasteiger partial charge in [0.25, 0.3) is 0 Å². The van der Waals surface area contributed by atoms with Crippen LogP contribution in [-0.4, -0.2) is 60.4 Å². The molecule has 1 N–H and O–H groups in total. The van der Waals surface area contributed by atoms with E-state index < -0.39 is 0 Å². The van der Waals surface area contributed by atoms with Crippen molar-refractivity contribution in [1.29, 1.82) is 0 Å². The summed E-state index contributed by atoms with van der Waals surface area (Å²) < 4.78 is 0. The average Bonchev–Trinajstić information content (AvgIpc) is 3.00. The Hall–Kier alpha value is -0.940. The summed E-state index contributed by atoms with van der Waals surface area (Å²) >= 11 is 0. The van der Waals surface area contributed by atoms with Gasteiger partial charge in [0, 0.05) is 25.6 Å². The van der Waals surface area contributed by atoms with Crippen LogP contribution in [-0.2, 0) is 9.59 Å². The van der Waals surface area contributed by atoms with Crippen molar-refractivity contribution >= 4 is 11.8 Å². The van der Waals surface area contributed by atoms with Crippen molar-refractivity contribution < 1.29 is 9.59 Å². The van der Waals surface area contributed by atoms with Gasteiger partial charge in [0.2, 0.25) is 11.8 Å². The molecule has 5 nitrogen and oxygen atoms in total. The van der Waals surface area contributed by atoms with Crippen LogP contribution >= 0.6 is 0 Å². The minimum atomic E-state index is -0.00252. The Morgan fingerprint density at radius 2 is 2.28 bits per heavy atom. The molecule has 0 aromatic rings. The van der Waals surface area contributed by atoms with Crippen molar-refractivity contribution in [2.45, 2.75) is 25.8 Å². The number of imide groups is 1. The number of amides is 2. The maximum atomic E-state index is 12.1. The van der Waals surface area contributed by atoms with Gasteiger partial charge in [-0.1, -0.05) is 0 Å². The molecule has 3 heterocycles. The van der Waals surface area contributed by atoms with Gasteiger partial charge in [-0.25, -0.2) is 0 Å². The number of likely N-dealkylation sites (tertiary alicyclic amines) is 2. The average molecular weight is 251 g/mol. The zero-order valence-corrected chi connectivity index (χ0v) is 10.9. The number of rotatable bonds is 2. The minimum absolute atomic E-state index is 0.00252. The summed E-state index contributed by atoms with van der Waals surface area (Å²) in [5.74, 6) is 1.36. The first-order valence-corrected chi connectivity index (χ1v) is 6.95. The van der Waals surface area contributed by atoms with E-state index in [2.05, 4.69) is 17.1 Å². The van der Waals surface area contributed by atoms with Gasteiger partial charge in [-0.2, -0.15) is 0 Å². The highest BCUT2D eigenvalue weighted by atomic mass is 16.2. The number of carbonyl (C=O) groups excluding carboxylic acids is 2. The summed E-state index contributed by atoms with van der Waals surface area (Å²) in [6, 6.07) is 0.451. The van der Waals surface area contributed by atoms with E-state index in [-0.39, 0.29) is 11.8 Å². The molecule has 0 spiro atoms. The van der Waals surface area contributed by atoms with Crippen molar-refractivity contribution in [3.05, 3.63) is 0 Å². The summed E-state index contributed by atoms with van der Waals surface area (Å²) in [7, 11) is 0. The third-order valence-electron chi connectivity index (χ3n) is 4.77. The maximum absolute atomic E-state index is 12.1. The summed E-state index contributed by atoms with van der Waals surface area (Å²) in [6.45, 7) is 6.37. The topological polar surface area (TPSA) is 52.7 Å². The van der Waals surface area contributed by atoms with Crippen LogP contribution in [0.2, 0.25) is 0 Å². The normalized spacial score (nSPS) is 36.4. The third kappa shape index (κ3) is 1.95. The van der Waals surface area contributed by atoms with E-state index in [0.29, 0.717) is 37.4 Å². The molecule has 0 aliphatic carbocycles. The third-order valence-corrected chi connectivity index (χ3v) is 4.77. The largest absolute Gasteiger partial charge is 0.316 e. The number of nitrogens with one attached hydrogen (secondary N) is 1. The summed E-state index contributed by atoms with van der Waals surface area (Å²) in [5.41, 5.74) is 0. The Kier molecular flexibility index (Phi) is 3.11. The lowest BCUT2D eigenvalue weighted by molar-refractivity contribution is -0.142. The van der Waals surface area contributed by atoms with Crippen molar-refractivity contribution in [1.82, 2.24) is 15.1 Å². The van der Waals surface area contributed by atoms with Crippen molar-refractivity contribution in [3.8, 4) is 0 Å². The second-order valence-corrected chi connectivity index (χ2v) is 5.79. The smallest absolute Gasteiger partial charge is 0.243 e. The number of carbonyl (C=O) groups is 2. The van der Waals surface area contributed by atoms with Crippen molar-refractivity contribution in [2.24, 2.45) is 11.8 Å². The van der Waals surface area contributed by atoms with Crippen LogP contribution in [0.5, 0.6) is 0 Å². The lowest BCUT2D eigenvalue weighted by Gasteiger charge is -2.25. The molecule has 0 aromatic carbocycles. The highest BCUT2D eigenvalue weighted by Gasteiger charge is 2.42. The van der Waals surface area contributed by atoms with Gasteiger partial charge in [0.05, 0.1) is 6.54 Å². The van der Waals surface area contributed by atoms with E-state index in [1.54, 1.807) is 0 Å². The van der Waals surface area contributed by atoms with Crippen molar-refractivity contribution in [2.75, 3.05) is 32.7 Å². The van der Waals surface area contributed by atoms with Crippen LogP contribution in [0, 0.1) is 11.8 Å². The fourth-order valence-electron chi connectivity index (χ4n) is 3.64. The van der Waals surface area contributed by atoms with Gasteiger partial charge in [0.1, 0.15) is 0 Å². The standard InChI is InChI=1S/C13H21N3O2/c1-9-11-6-14-5-10(11)7-15(9)8-13(18)16-4-2-3-12(16)17/h9-11,14H,2-8H2,1H3. The maximum Gasteiger partial charge on any atom is 0.243 e. The molecule has 5 heteroatoms. The van der Waals surface area contributed by atoms with Gasteiger partial charge < -0.3 is 5.32 Å². The van der Waals surface area contributed by atoms with Crippen LogP contribution < -0.4 is 5.32 Å². The Balaban J connectivity index is 1.60. The Bertz CT molecular complexity index is 371. The molecule has 3 aliphatic heterocycles. The first-order chi connectivity index (χ1) is 8.66. The van der Waals surface area contributed by atoms with Crippen LogP contribution in [0.4, 0.5) is 0 Å². The van der Waals surface area contributed by atoms with Crippen LogP contribution in [0.25, 0.3) is 0 Å². The lowest BCUT2D eigenvalue weighted by Crippen LogP contribution is -2.43. The first kappa shape index (κ1) is 12.1. The zero-order valence-electron chi connectivity index (χ0n) is 10.9. The Labute approximate surface area is 107 Å². The quantitative estimate of drug-likeness (QED) is 0.730. The summed E-state index contributed by atoms with van der Waals surface area (Å²) in [4.78, 5) is 27.4. The predicted octanol–water partition coefficient (Wildman–Crippen LogP) is -0.325. The van der Waals surface area contributed by atoms with E-state index in [1.807, 2.05) is 0 Å². The van der Waals surface area contributed by atoms with E-state index in [4.69, 9.17) is 0 Å². The van der Waals surface area contributed by atoms with Gasteiger partial charge in [-0.3, -0.25) is 19.4 Å². The monoisotopic (exact) mass is 251 g/mol. The Morgan fingerprint density at radius 3 is 2.94 bits per heavy atom. The molecular weight excluding hydrogens is 230 g/mol. The lowest BCUT2D eigenvalue weighted by atomic mass is 9.95. The number of nitrogens with zero attached hydrogens (tertiary/aromatic N) is 2. The van der Waals surface area contributed by atoms with E-state index in [1.165, 1.54) is 4.90 Å². The molecule has 3 fully saturated rings. The SMILES string of the molecule is CC1C2CNCC2CN1CC(=O)N1CCCC1=O. The van der Waals surface area contributed by atoms with Gasteiger partial charge in [0.15, 0.2) is 0 Å².